The van der Waals surface area contributed by atoms with Gasteiger partial charge in [0.2, 0.25) is 5.91 Å². The van der Waals surface area contributed by atoms with Crippen molar-refractivity contribution in [1.29, 1.82) is 0 Å². The molecule has 34 heavy (non-hydrogen) atoms. The van der Waals surface area contributed by atoms with E-state index in [9.17, 15) is 9.59 Å². The maximum Gasteiger partial charge on any atom is 0.341 e. The summed E-state index contributed by atoms with van der Waals surface area (Å²) in [5, 5.41) is 9.82. The van der Waals surface area contributed by atoms with E-state index in [2.05, 4.69) is 20.4 Å². The number of thioether (sulfide) groups is 1. The molecule has 0 radical (unpaired) electrons. The molecule has 3 heterocycles. The van der Waals surface area contributed by atoms with Crippen molar-refractivity contribution in [2.75, 3.05) is 17.7 Å². The summed E-state index contributed by atoms with van der Waals surface area (Å²) in [5.41, 5.74) is 2.83. The number of halogens is 1. The van der Waals surface area contributed by atoms with Crippen molar-refractivity contribution >= 4 is 62.6 Å². The summed E-state index contributed by atoms with van der Waals surface area (Å²) < 4.78 is 6.89. The number of carbonyl (C=O) groups is 2. The maximum absolute atomic E-state index is 12.8. The highest BCUT2D eigenvalue weighted by Crippen LogP contribution is 2.39. The van der Waals surface area contributed by atoms with Crippen LogP contribution in [0.15, 0.2) is 41.8 Å². The number of ether oxygens (including phenoxy) is 1. The Hall–Kier alpha value is -2.95. The van der Waals surface area contributed by atoms with E-state index in [1.807, 2.05) is 18.2 Å². The Bertz CT molecular complexity index is 1400. The Labute approximate surface area is 208 Å². The Morgan fingerprint density at radius 1 is 1.26 bits per heavy atom. The number of rotatable bonds is 7. The minimum atomic E-state index is -0.380. The number of nitrogens with one attached hydrogen (secondary N) is 1. The summed E-state index contributed by atoms with van der Waals surface area (Å²) in [6.07, 6.45) is 5.88. The highest BCUT2D eigenvalue weighted by molar-refractivity contribution is 8.00. The van der Waals surface area contributed by atoms with E-state index < -0.39 is 0 Å². The summed E-state index contributed by atoms with van der Waals surface area (Å²) in [6, 6.07) is 7.37. The molecule has 4 aromatic rings. The first-order valence-corrected chi connectivity index (χ1v) is 12.9. The van der Waals surface area contributed by atoms with Gasteiger partial charge in [-0.3, -0.25) is 4.79 Å². The number of aryl methyl sites for hydroxylation is 1. The number of para-hydroxylation sites is 1. The van der Waals surface area contributed by atoms with Crippen LogP contribution in [0.4, 0.5) is 5.00 Å². The maximum atomic E-state index is 12.8. The van der Waals surface area contributed by atoms with Crippen molar-refractivity contribution in [3.63, 3.8) is 0 Å². The zero-order chi connectivity index (χ0) is 23.7. The fraction of sp³-hybridized carbons (Fsp3) is 0.261. The molecule has 174 valence electrons. The van der Waals surface area contributed by atoms with Crippen molar-refractivity contribution in [3.05, 3.63) is 57.8 Å². The summed E-state index contributed by atoms with van der Waals surface area (Å²) >= 11 is 9.07. The van der Waals surface area contributed by atoms with Crippen LogP contribution in [-0.4, -0.2) is 44.0 Å². The molecular weight excluding hydrogens is 494 g/mol. The lowest BCUT2D eigenvalue weighted by Gasteiger charge is -2.08. The Kier molecular flexibility index (Phi) is 6.53. The normalized spacial score (nSPS) is 12.6. The topological polar surface area (TPSA) is 99.0 Å². The van der Waals surface area contributed by atoms with Crippen molar-refractivity contribution in [2.45, 2.75) is 31.2 Å². The third kappa shape index (κ3) is 4.28. The number of esters is 1. The van der Waals surface area contributed by atoms with Gasteiger partial charge in [0.05, 0.1) is 40.2 Å². The second-order valence-electron chi connectivity index (χ2n) is 7.54. The molecule has 1 aliphatic carbocycles. The van der Waals surface area contributed by atoms with Crippen LogP contribution in [0.1, 0.15) is 34.1 Å². The highest BCUT2D eigenvalue weighted by atomic mass is 35.5. The van der Waals surface area contributed by atoms with Gasteiger partial charge in [-0.1, -0.05) is 35.5 Å². The number of hydrogen-bond donors (Lipinski definition) is 1. The van der Waals surface area contributed by atoms with Crippen molar-refractivity contribution in [3.8, 4) is 5.69 Å². The number of aromatic nitrogens is 4. The first-order valence-electron chi connectivity index (χ1n) is 10.7. The standard InChI is InChI=1S/C23H20ClN5O3S2/c1-2-32-23(31)19-13-6-5-9-17(13)34-22(19)28-18(30)11-33-21-14-10-27-29(20(14)25-12-26-21)16-8-4-3-7-15(16)24/h3-4,7-8,10,12H,2,5-6,9,11H2,1H3,(H,28,30). The van der Waals surface area contributed by atoms with E-state index in [4.69, 9.17) is 16.3 Å². The summed E-state index contributed by atoms with van der Waals surface area (Å²) in [4.78, 5) is 35.2. The molecule has 11 heteroatoms. The predicted molar refractivity (Wildman–Crippen MR) is 133 cm³/mol. The van der Waals surface area contributed by atoms with Gasteiger partial charge < -0.3 is 10.1 Å². The molecule has 0 fully saturated rings. The van der Waals surface area contributed by atoms with E-state index >= 15 is 0 Å². The molecule has 0 saturated carbocycles. The molecule has 0 unspecified atom stereocenters. The number of amides is 1. The molecule has 0 aliphatic heterocycles. The minimum absolute atomic E-state index is 0.119. The Balaban J connectivity index is 1.34. The second-order valence-corrected chi connectivity index (χ2v) is 10.0. The molecule has 0 bridgehead atoms. The molecule has 0 saturated heterocycles. The molecule has 0 atom stereocenters. The first-order chi connectivity index (χ1) is 16.6. The van der Waals surface area contributed by atoms with Crippen molar-refractivity contribution in [1.82, 2.24) is 19.7 Å². The highest BCUT2D eigenvalue weighted by Gasteiger charge is 2.28. The van der Waals surface area contributed by atoms with Gasteiger partial charge in [0.15, 0.2) is 5.65 Å². The zero-order valence-electron chi connectivity index (χ0n) is 18.2. The van der Waals surface area contributed by atoms with E-state index in [1.54, 1.807) is 23.9 Å². The number of hydrogen-bond acceptors (Lipinski definition) is 8. The average molecular weight is 514 g/mol. The van der Waals surface area contributed by atoms with Crippen LogP contribution >= 0.6 is 34.7 Å². The van der Waals surface area contributed by atoms with Gasteiger partial charge in [-0.25, -0.2) is 19.4 Å². The molecule has 1 amide bonds. The number of benzene rings is 1. The van der Waals surface area contributed by atoms with Gasteiger partial charge in [0.1, 0.15) is 16.4 Å². The van der Waals surface area contributed by atoms with Gasteiger partial charge in [-0.15, -0.1) is 11.3 Å². The van der Waals surface area contributed by atoms with E-state index in [0.29, 0.717) is 31.9 Å². The van der Waals surface area contributed by atoms with Gasteiger partial charge in [0.25, 0.3) is 0 Å². The van der Waals surface area contributed by atoms with Gasteiger partial charge >= 0.3 is 5.97 Å². The smallest absolute Gasteiger partial charge is 0.341 e. The predicted octanol–water partition coefficient (Wildman–Crippen LogP) is 4.93. The van der Waals surface area contributed by atoms with E-state index in [0.717, 1.165) is 35.1 Å². The van der Waals surface area contributed by atoms with Crippen molar-refractivity contribution in [2.24, 2.45) is 0 Å². The second kappa shape index (κ2) is 9.73. The molecule has 0 spiro atoms. The van der Waals surface area contributed by atoms with Crippen LogP contribution in [0.5, 0.6) is 0 Å². The van der Waals surface area contributed by atoms with Crippen LogP contribution < -0.4 is 5.32 Å². The zero-order valence-corrected chi connectivity index (χ0v) is 20.6. The Morgan fingerprint density at radius 2 is 2.12 bits per heavy atom. The van der Waals surface area contributed by atoms with Crippen molar-refractivity contribution < 1.29 is 14.3 Å². The minimum Gasteiger partial charge on any atom is -0.462 e. The van der Waals surface area contributed by atoms with E-state index in [1.165, 1.54) is 29.4 Å². The molecule has 1 N–H and O–H groups in total. The summed E-state index contributed by atoms with van der Waals surface area (Å²) in [7, 11) is 0. The lowest BCUT2D eigenvalue weighted by molar-refractivity contribution is -0.113. The molecule has 1 aromatic carbocycles. The van der Waals surface area contributed by atoms with Crippen LogP contribution in [0.2, 0.25) is 5.02 Å². The summed E-state index contributed by atoms with van der Waals surface area (Å²) in [6.45, 7) is 2.06. The fourth-order valence-corrected chi connectivity index (χ4v) is 6.22. The fourth-order valence-electron chi connectivity index (χ4n) is 3.95. The van der Waals surface area contributed by atoms with Gasteiger partial charge in [-0.05, 0) is 43.9 Å². The largest absolute Gasteiger partial charge is 0.462 e. The van der Waals surface area contributed by atoms with Crippen LogP contribution in [0, 0.1) is 0 Å². The number of thiophene rings is 1. The SMILES string of the molecule is CCOC(=O)c1c(NC(=O)CSc2ncnc3c2cnn3-c2ccccc2Cl)sc2c1CCC2. The number of fused-ring (bicyclic) bond motifs is 2. The molecule has 1 aliphatic rings. The number of carbonyl (C=O) groups excluding carboxylic acids is 2. The van der Waals surface area contributed by atoms with Gasteiger partial charge in [0, 0.05) is 4.88 Å². The van der Waals surface area contributed by atoms with E-state index in [-0.39, 0.29) is 24.2 Å². The monoisotopic (exact) mass is 513 g/mol. The molecular formula is C23H20ClN5O3S2. The van der Waals surface area contributed by atoms with Gasteiger partial charge in [-0.2, -0.15) is 5.10 Å². The van der Waals surface area contributed by atoms with Crippen LogP contribution in [0.25, 0.3) is 16.7 Å². The number of anilines is 1. The molecule has 8 nitrogen and oxygen atoms in total. The van der Waals surface area contributed by atoms with Crippen LogP contribution in [0.3, 0.4) is 0 Å². The average Bonchev–Trinajstić information content (AvgIpc) is 3.53. The lowest BCUT2D eigenvalue weighted by Crippen LogP contribution is -2.16. The Morgan fingerprint density at radius 3 is 2.94 bits per heavy atom. The quantitative estimate of drug-likeness (QED) is 0.212. The lowest BCUT2D eigenvalue weighted by atomic mass is 10.1. The third-order valence-electron chi connectivity index (χ3n) is 5.40. The number of nitrogens with zero attached hydrogens (tertiary/aromatic N) is 4. The molecule has 5 rings (SSSR count). The first kappa shape index (κ1) is 22.8. The molecule has 3 aromatic heterocycles. The van der Waals surface area contributed by atoms with Crippen LogP contribution in [-0.2, 0) is 22.4 Å². The third-order valence-corrected chi connectivity index (χ3v) is 7.94. The summed E-state index contributed by atoms with van der Waals surface area (Å²) in [5.74, 6) is -0.483.